The van der Waals surface area contributed by atoms with E-state index in [4.69, 9.17) is 22.6 Å². The molecule has 0 amide bonds. The Morgan fingerprint density at radius 2 is 2.06 bits per heavy atom. The molecular formula is C12H7ClFN3. The predicted octanol–water partition coefficient (Wildman–Crippen LogP) is 2.99. The minimum atomic E-state index is -0.462. The first-order chi connectivity index (χ1) is 8.13. The van der Waals surface area contributed by atoms with Gasteiger partial charge in [0.15, 0.2) is 0 Å². The first kappa shape index (κ1) is 11.4. The number of halogens is 2. The monoisotopic (exact) mass is 247 g/mol. The minimum absolute atomic E-state index is 0.0735. The SMILES string of the molecule is N#Cc1c(-c2cc(Cl)ccc2F)ccnc1N. The average Bonchev–Trinajstić information content (AvgIpc) is 2.32. The molecule has 0 spiro atoms. The Balaban J connectivity index is 2.73. The number of nitriles is 1. The maximum absolute atomic E-state index is 13.7. The second kappa shape index (κ2) is 4.40. The highest BCUT2D eigenvalue weighted by Crippen LogP contribution is 2.30. The Morgan fingerprint density at radius 1 is 1.29 bits per heavy atom. The van der Waals surface area contributed by atoms with E-state index in [9.17, 15) is 4.39 Å². The molecule has 0 aliphatic rings. The number of aromatic nitrogens is 1. The van der Waals surface area contributed by atoms with Gasteiger partial charge in [-0.1, -0.05) is 11.6 Å². The van der Waals surface area contributed by atoms with Gasteiger partial charge in [0.1, 0.15) is 23.3 Å². The van der Waals surface area contributed by atoms with Gasteiger partial charge in [0.05, 0.1) is 0 Å². The summed E-state index contributed by atoms with van der Waals surface area (Å²) in [6.45, 7) is 0. The second-order valence-electron chi connectivity index (χ2n) is 3.35. The number of rotatable bonds is 1. The smallest absolute Gasteiger partial charge is 0.141 e. The molecule has 0 bridgehead atoms. The van der Waals surface area contributed by atoms with Gasteiger partial charge in [0.25, 0.3) is 0 Å². The van der Waals surface area contributed by atoms with Crippen LogP contribution in [-0.2, 0) is 0 Å². The minimum Gasteiger partial charge on any atom is -0.383 e. The van der Waals surface area contributed by atoms with Crippen molar-refractivity contribution in [1.29, 1.82) is 5.26 Å². The van der Waals surface area contributed by atoms with E-state index < -0.39 is 5.82 Å². The molecule has 17 heavy (non-hydrogen) atoms. The van der Waals surface area contributed by atoms with Crippen LogP contribution in [0.25, 0.3) is 11.1 Å². The van der Waals surface area contributed by atoms with Crippen LogP contribution in [-0.4, -0.2) is 4.98 Å². The van der Waals surface area contributed by atoms with Crippen LogP contribution in [0.4, 0.5) is 10.2 Å². The molecule has 1 heterocycles. The molecule has 1 aromatic carbocycles. The first-order valence-corrected chi connectivity index (χ1v) is 5.11. The summed E-state index contributed by atoms with van der Waals surface area (Å²) < 4.78 is 13.7. The molecule has 0 atom stereocenters. The summed E-state index contributed by atoms with van der Waals surface area (Å²) in [4.78, 5) is 3.79. The number of benzene rings is 1. The molecule has 2 rings (SSSR count). The third-order valence-corrected chi connectivity index (χ3v) is 2.55. The van der Waals surface area contributed by atoms with Gasteiger partial charge >= 0.3 is 0 Å². The normalized spacial score (nSPS) is 9.94. The maximum Gasteiger partial charge on any atom is 0.141 e. The number of hydrogen-bond donors (Lipinski definition) is 1. The van der Waals surface area contributed by atoms with E-state index in [2.05, 4.69) is 4.98 Å². The van der Waals surface area contributed by atoms with Gasteiger partial charge < -0.3 is 5.73 Å². The fraction of sp³-hybridized carbons (Fsp3) is 0. The van der Waals surface area contributed by atoms with E-state index in [-0.39, 0.29) is 16.9 Å². The summed E-state index contributed by atoms with van der Waals surface area (Å²) in [6, 6.07) is 7.58. The van der Waals surface area contributed by atoms with Gasteiger partial charge in [-0.05, 0) is 24.3 Å². The van der Waals surface area contributed by atoms with Gasteiger partial charge in [0, 0.05) is 22.3 Å². The van der Waals surface area contributed by atoms with Crippen molar-refractivity contribution in [1.82, 2.24) is 4.98 Å². The Morgan fingerprint density at radius 3 is 2.76 bits per heavy atom. The largest absolute Gasteiger partial charge is 0.383 e. The van der Waals surface area contributed by atoms with Crippen molar-refractivity contribution in [3.05, 3.63) is 46.9 Å². The fourth-order valence-electron chi connectivity index (χ4n) is 1.52. The summed E-state index contributed by atoms with van der Waals surface area (Å²) in [5.41, 5.74) is 6.34. The molecule has 0 unspecified atom stereocenters. The van der Waals surface area contributed by atoms with Crippen LogP contribution in [0.15, 0.2) is 30.5 Å². The number of nitrogens with two attached hydrogens (primary N) is 1. The quantitative estimate of drug-likeness (QED) is 0.843. The van der Waals surface area contributed by atoms with Gasteiger partial charge in [-0.25, -0.2) is 9.37 Å². The topological polar surface area (TPSA) is 62.7 Å². The lowest BCUT2D eigenvalue weighted by Gasteiger charge is -2.07. The van der Waals surface area contributed by atoms with Gasteiger partial charge in [-0.2, -0.15) is 5.26 Å². The van der Waals surface area contributed by atoms with Gasteiger partial charge in [-0.3, -0.25) is 0 Å². The third-order valence-electron chi connectivity index (χ3n) is 2.31. The lowest BCUT2D eigenvalue weighted by molar-refractivity contribution is 0.631. The molecule has 5 heteroatoms. The van der Waals surface area contributed by atoms with Crippen LogP contribution >= 0.6 is 11.6 Å². The van der Waals surface area contributed by atoms with E-state index in [1.165, 1.54) is 30.5 Å². The van der Waals surface area contributed by atoms with Crippen molar-refractivity contribution < 1.29 is 4.39 Å². The van der Waals surface area contributed by atoms with Gasteiger partial charge in [-0.15, -0.1) is 0 Å². The number of pyridine rings is 1. The van der Waals surface area contributed by atoms with Crippen LogP contribution in [0.3, 0.4) is 0 Å². The lowest BCUT2D eigenvalue weighted by Crippen LogP contribution is -1.97. The highest BCUT2D eigenvalue weighted by atomic mass is 35.5. The zero-order chi connectivity index (χ0) is 12.4. The van der Waals surface area contributed by atoms with Crippen molar-refractivity contribution in [2.45, 2.75) is 0 Å². The van der Waals surface area contributed by atoms with Crippen LogP contribution in [0.5, 0.6) is 0 Å². The zero-order valence-electron chi connectivity index (χ0n) is 8.61. The number of anilines is 1. The highest BCUT2D eigenvalue weighted by molar-refractivity contribution is 6.30. The lowest BCUT2D eigenvalue weighted by atomic mass is 10.0. The average molecular weight is 248 g/mol. The Labute approximate surface area is 102 Å². The standard InChI is InChI=1S/C12H7ClFN3/c13-7-1-2-11(14)9(5-7)8-3-4-17-12(16)10(8)6-15/h1-5H,(H2,16,17). The molecule has 0 fully saturated rings. The van der Waals surface area contributed by atoms with Crippen LogP contribution in [0, 0.1) is 17.1 Å². The summed E-state index contributed by atoms with van der Waals surface area (Å²) in [5.74, 6) is -0.388. The predicted molar refractivity (Wildman–Crippen MR) is 63.8 cm³/mol. The summed E-state index contributed by atoms with van der Waals surface area (Å²) in [5, 5.41) is 9.38. The van der Waals surface area contributed by atoms with Crippen LogP contribution < -0.4 is 5.73 Å². The molecule has 1 aromatic heterocycles. The van der Waals surface area contributed by atoms with Crippen LogP contribution in [0.1, 0.15) is 5.56 Å². The third kappa shape index (κ3) is 2.05. The Kier molecular flexibility index (Phi) is 2.94. The van der Waals surface area contributed by atoms with E-state index in [0.29, 0.717) is 10.6 Å². The molecule has 0 aliphatic heterocycles. The van der Waals surface area contributed by atoms with Crippen molar-refractivity contribution in [2.24, 2.45) is 0 Å². The van der Waals surface area contributed by atoms with E-state index in [1.54, 1.807) is 0 Å². The molecule has 84 valence electrons. The highest BCUT2D eigenvalue weighted by Gasteiger charge is 2.13. The molecule has 0 radical (unpaired) electrons. The molecular weight excluding hydrogens is 241 g/mol. The molecule has 0 saturated heterocycles. The van der Waals surface area contributed by atoms with Crippen molar-refractivity contribution >= 4 is 17.4 Å². The Hall–Kier alpha value is -2.12. The van der Waals surface area contributed by atoms with Gasteiger partial charge in [0.2, 0.25) is 0 Å². The zero-order valence-corrected chi connectivity index (χ0v) is 9.37. The van der Waals surface area contributed by atoms with E-state index in [1.807, 2.05) is 6.07 Å². The summed E-state index contributed by atoms with van der Waals surface area (Å²) in [6.07, 6.45) is 1.42. The molecule has 0 saturated carbocycles. The van der Waals surface area contributed by atoms with Crippen molar-refractivity contribution in [3.8, 4) is 17.2 Å². The maximum atomic E-state index is 13.7. The fourth-order valence-corrected chi connectivity index (χ4v) is 1.70. The number of nitrogen functional groups attached to an aromatic ring is 1. The first-order valence-electron chi connectivity index (χ1n) is 4.73. The molecule has 3 nitrogen and oxygen atoms in total. The van der Waals surface area contributed by atoms with E-state index >= 15 is 0 Å². The Bertz CT molecular complexity index is 620. The molecule has 2 N–H and O–H groups in total. The number of hydrogen-bond acceptors (Lipinski definition) is 3. The second-order valence-corrected chi connectivity index (χ2v) is 3.79. The van der Waals surface area contributed by atoms with Crippen molar-refractivity contribution in [2.75, 3.05) is 5.73 Å². The molecule has 0 aliphatic carbocycles. The van der Waals surface area contributed by atoms with Crippen molar-refractivity contribution in [3.63, 3.8) is 0 Å². The van der Waals surface area contributed by atoms with Crippen LogP contribution in [0.2, 0.25) is 5.02 Å². The van der Waals surface area contributed by atoms with E-state index in [0.717, 1.165) is 0 Å². The number of nitrogens with zero attached hydrogens (tertiary/aromatic N) is 2. The molecule has 2 aromatic rings. The summed E-state index contributed by atoms with van der Waals surface area (Å²) >= 11 is 5.81. The summed E-state index contributed by atoms with van der Waals surface area (Å²) in [7, 11) is 0.